The molecule has 6 nitrogen and oxygen atoms in total. The van der Waals surface area contributed by atoms with Crippen molar-refractivity contribution in [2.75, 3.05) is 11.9 Å². The second kappa shape index (κ2) is 13.2. The number of amides is 1. The Balaban J connectivity index is 2.30. The largest absolute Gasteiger partial charge is 0.504 e. The number of nitrogens with one attached hydrogen (secondary N) is 2. The summed E-state index contributed by atoms with van der Waals surface area (Å²) in [6.07, 6.45) is 11.5. The molecule has 0 aliphatic heterocycles. The van der Waals surface area contributed by atoms with Gasteiger partial charge >= 0.3 is 0 Å². The van der Waals surface area contributed by atoms with Gasteiger partial charge in [0.05, 0.1) is 6.61 Å². The van der Waals surface area contributed by atoms with E-state index in [4.69, 9.17) is 4.74 Å². The van der Waals surface area contributed by atoms with E-state index in [1.807, 2.05) is 13.0 Å². The van der Waals surface area contributed by atoms with Crippen molar-refractivity contribution in [3.63, 3.8) is 0 Å². The Kier molecular flexibility index (Phi) is 10.6. The van der Waals surface area contributed by atoms with Crippen LogP contribution in [0.4, 0.5) is 5.69 Å². The molecule has 0 unspecified atom stereocenters. The molecule has 1 aromatic heterocycles. The number of phenolic OH excluding ortho intramolecular Hbond substituents is 1. The van der Waals surface area contributed by atoms with Crippen molar-refractivity contribution in [1.29, 1.82) is 0 Å². The van der Waals surface area contributed by atoms with Gasteiger partial charge in [0.2, 0.25) is 5.43 Å². The van der Waals surface area contributed by atoms with Gasteiger partial charge in [-0.05, 0) is 36.3 Å². The van der Waals surface area contributed by atoms with E-state index in [0.29, 0.717) is 35.0 Å². The number of aromatic hydroxyl groups is 1. The number of anilines is 1. The lowest BCUT2D eigenvalue weighted by molar-refractivity contribution is 0.102. The Morgan fingerprint density at radius 1 is 1.14 bits per heavy atom. The molecule has 0 bridgehead atoms. The lowest BCUT2D eigenvalue weighted by atomic mass is 9.81. The summed E-state index contributed by atoms with van der Waals surface area (Å²) in [6.45, 7) is 14.7. The van der Waals surface area contributed by atoms with Crippen LogP contribution in [0.15, 0.2) is 23.1 Å². The molecule has 35 heavy (non-hydrogen) atoms. The van der Waals surface area contributed by atoms with Gasteiger partial charge in [-0.3, -0.25) is 9.59 Å². The molecule has 2 rings (SSSR count). The van der Waals surface area contributed by atoms with Crippen LogP contribution in [0.3, 0.4) is 0 Å². The van der Waals surface area contributed by atoms with E-state index in [1.54, 1.807) is 6.08 Å². The molecule has 192 valence electrons. The zero-order valence-electron chi connectivity index (χ0n) is 22.1. The second-order valence-corrected chi connectivity index (χ2v) is 9.71. The van der Waals surface area contributed by atoms with Gasteiger partial charge < -0.3 is 20.1 Å². The van der Waals surface area contributed by atoms with Crippen molar-refractivity contribution in [2.24, 2.45) is 0 Å². The predicted octanol–water partition coefficient (Wildman–Crippen LogP) is 5.36. The molecular weight excluding hydrogens is 440 g/mol. The maximum Gasteiger partial charge on any atom is 0.261 e. The van der Waals surface area contributed by atoms with Crippen LogP contribution in [-0.4, -0.2) is 22.6 Å². The molecule has 1 amide bonds. The number of hydrogen-bond acceptors (Lipinski definition) is 4. The average Bonchev–Trinajstić information content (AvgIpc) is 2.82. The lowest BCUT2D eigenvalue weighted by Crippen LogP contribution is -2.43. The number of carbonyl (C=O) groups excluding carboxylic acids is 1. The van der Waals surface area contributed by atoms with Crippen molar-refractivity contribution < 1.29 is 14.6 Å². The minimum atomic E-state index is -0.537. The highest BCUT2D eigenvalue weighted by atomic mass is 16.5. The van der Waals surface area contributed by atoms with E-state index in [9.17, 15) is 14.7 Å². The first-order chi connectivity index (χ1) is 16.7. The highest BCUT2D eigenvalue weighted by molar-refractivity contribution is 6.04. The average molecular weight is 483 g/mol. The van der Waals surface area contributed by atoms with Crippen molar-refractivity contribution in [1.82, 2.24) is 4.98 Å². The normalized spacial score (nSPS) is 12.1. The Morgan fingerprint density at radius 3 is 2.49 bits per heavy atom. The van der Waals surface area contributed by atoms with Gasteiger partial charge in [-0.25, -0.2) is 0 Å². The van der Waals surface area contributed by atoms with Crippen LogP contribution in [0, 0.1) is 0 Å². The van der Waals surface area contributed by atoms with Gasteiger partial charge in [-0.2, -0.15) is 0 Å². The van der Waals surface area contributed by atoms with Crippen LogP contribution in [-0.2, 0) is 5.41 Å². The molecule has 0 saturated carbocycles. The fraction of sp³-hybridized carbons (Fsp3) is 0.517. The topological polar surface area (TPSA) is 91.4 Å². The summed E-state index contributed by atoms with van der Waals surface area (Å²) in [5.41, 5.74) is 0.645. The molecule has 6 heteroatoms. The molecule has 1 aromatic carbocycles. The third kappa shape index (κ3) is 7.48. The number of H-pyrrole nitrogens is 1. The first-order valence-electron chi connectivity index (χ1n) is 12.9. The summed E-state index contributed by atoms with van der Waals surface area (Å²) in [7, 11) is 0. The van der Waals surface area contributed by atoms with E-state index < -0.39 is 5.91 Å². The van der Waals surface area contributed by atoms with Crippen LogP contribution in [0.5, 0.6) is 11.5 Å². The van der Waals surface area contributed by atoms with E-state index in [-0.39, 0.29) is 22.2 Å². The summed E-state index contributed by atoms with van der Waals surface area (Å²) in [5, 5.41) is 14.4. The van der Waals surface area contributed by atoms with Gasteiger partial charge in [0.1, 0.15) is 5.56 Å². The quantitative estimate of drug-likeness (QED) is 0.335. The van der Waals surface area contributed by atoms with Crippen molar-refractivity contribution >= 4 is 24.2 Å². The van der Waals surface area contributed by atoms with Crippen molar-refractivity contribution in [2.45, 2.75) is 91.4 Å². The first-order valence-corrected chi connectivity index (χ1v) is 12.9. The molecule has 1 heterocycles. The number of phenols is 1. The van der Waals surface area contributed by atoms with Crippen LogP contribution < -0.4 is 26.1 Å². The highest BCUT2D eigenvalue weighted by Gasteiger charge is 2.26. The van der Waals surface area contributed by atoms with Gasteiger partial charge in [-0.15, -0.1) is 0 Å². The number of aromatic amines is 1. The summed E-state index contributed by atoms with van der Waals surface area (Å²) in [6, 6.07) is 3.33. The van der Waals surface area contributed by atoms with Crippen LogP contribution in [0.1, 0.15) is 102 Å². The van der Waals surface area contributed by atoms with Crippen LogP contribution >= 0.6 is 0 Å². The Labute approximate surface area is 209 Å². The summed E-state index contributed by atoms with van der Waals surface area (Å²) >= 11 is 0. The minimum Gasteiger partial charge on any atom is -0.504 e. The monoisotopic (exact) mass is 482 g/mol. The summed E-state index contributed by atoms with van der Waals surface area (Å²) in [4.78, 5) is 28.9. The van der Waals surface area contributed by atoms with Crippen molar-refractivity contribution in [3.8, 4) is 11.5 Å². The molecule has 0 atom stereocenters. The molecule has 0 spiro atoms. The van der Waals surface area contributed by atoms with Crippen LogP contribution in [0.25, 0.3) is 12.7 Å². The number of carbonyl (C=O) groups is 1. The summed E-state index contributed by atoms with van der Waals surface area (Å²) in [5.74, 6) is -0.165. The SMILES string of the molecule is C=c1[nH]cc(C(=O)Nc2cc(O)c(OCCCCCCCC)cc2C(C)(C)CC)c(=O)/c1=C/CC. The van der Waals surface area contributed by atoms with Crippen molar-refractivity contribution in [3.05, 3.63) is 50.2 Å². The predicted molar refractivity (Wildman–Crippen MR) is 145 cm³/mol. The number of aromatic nitrogens is 1. The molecule has 0 aliphatic rings. The van der Waals surface area contributed by atoms with E-state index >= 15 is 0 Å². The molecule has 0 fully saturated rings. The number of ether oxygens (including phenoxy) is 1. The van der Waals surface area contributed by atoms with Gasteiger partial charge in [0.15, 0.2) is 11.5 Å². The number of pyridine rings is 1. The highest BCUT2D eigenvalue weighted by Crippen LogP contribution is 2.40. The summed E-state index contributed by atoms with van der Waals surface area (Å²) < 4.78 is 5.91. The number of rotatable bonds is 13. The number of unbranched alkanes of at least 4 members (excludes halogenated alkanes) is 5. The van der Waals surface area contributed by atoms with Crippen LogP contribution in [0.2, 0.25) is 0 Å². The smallest absolute Gasteiger partial charge is 0.261 e. The third-order valence-corrected chi connectivity index (χ3v) is 6.57. The standard InChI is InChI=1S/C29H42N2O4/c1-7-10-11-12-13-14-16-35-26-17-23(29(5,6)9-3)24(18-25(26)32)31-28(34)22-19-30-20(4)21(15-8-2)27(22)33/h15,17-19,30,32H,4,7-14,16H2,1-3,5-6H3,(H,31,34)/b21-15+. The maximum absolute atomic E-state index is 13.1. The fourth-order valence-electron chi connectivity index (χ4n) is 3.97. The van der Waals surface area contributed by atoms with E-state index in [1.165, 1.54) is 37.9 Å². The van der Waals surface area contributed by atoms with Gasteiger partial charge in [-0.1, -0.05) is 79.4 Å². The second-order valence-electron chi connectivity index (χ2n) is 9.71. The van der Waals surface area contributed by atoms with Gasteiger partial charge in [0, 0.05) is 28.5 Å². The first kappa shape index (κ1) is 28.2. The minimum absolute atomic E-state index is 0.000226. The maximum atomic E-state index is 13.1. The number of benzene rings is 1. The Bertz CT molecular complexity index is 1160. The zero-order chi connectivity index (χ0) is 26.0. The zero-order valence-corrected chi connectivity index (χ0v) is 22.1. The molecule has 0 radical (unpaired) electrons. The van der Waals surface area contributed by atoms with E-state index in [2.05, 4.69) is 44.6 Å². The third-order valence-electron chi connectivity index (χ3n) is 6.57. The molecule has 2 aromatic rings. The van der Waals surface area contributed by atoms with E-state index in [0.717, 1.165) is 24.8 Å². The Morgan fingerprint density at radius 2 is 1.83 bits per heavy atom. The molecule has 3 N–H and O–H groups in total. The molecule has 0 saturated heterocycles. The molecule has 0 aliphatic carbocycles. The number of hydrogen-bond donors (Lipinski definition) is 3. The molecular formula is C29H42N2O4. The Hall–Kier alpha value is -3.02. The fourth-order valence-corrected chi connectivity index (χ4v) is 3.97. The van der Waals surface area contributed by atoms with Gasteiger partial charge in [0.25, 0.3) is 5.91 Å². The lowest BCUT2D eigenvalue weighted by Gasteiger charge is -2.27.